The van der Waals surface area contributed by atoms with Crippen molar-refractivity contribution >= 4 is 11.6 Å². The van der Waals surface area contributed by atoms with Gasteiger partial charge in [0.2, 0.25) is 5.91 Å². The predicted molar refractivity (Wildman–Crippen MR) is 104 cm³/mol. The molecule has 2 aromatic carbocycles. The second-order valence-corrected chi connectivity index (χ2v) is 7.18. The fourth-order valence-corrected chi connectivity index (χ4v) is 3.67. The highest BCUT2D eigenvalue weighted by molar-refractivity contribution is 5.78. The highest BCUT2D eigenvalue weighted by Crippen LogP contribution is 2.22. The Labute approximate surface area is 159 Å². The number of amides is 1. The number of piperidine rings is 1. The van der Waals surface area contributed by atoms with Crippen LogP contribution in [0.5, 0.6) is 0 Å². The van der Waals surface area contributed by atoms with Gasteiger partial charge in [-0.2, -0.15) is 0 Å². The molecule has 1 heterocycles. The van der Waals surface area contributed by atoms with Crippen molar-refractivity contribution in [2.75, 3.05) is 20.1 Å². The quantitative estimate of drug-likeness (QED) is 0.579. The van der Waals surface area contributed by atoms with E-state index in [1.165, 1.54) is 6.07 Å². The zero-order valence-corrected chi connectivity index (χ0v) is 15.6. The number of nitrogens with zero attached hydrogens (tertiary/aromatic N) is 3. The average molecular weight is 367 g/mol. The van der Waals surface area contributed by atoms with Crippen LogP contribution in [0.2, 0.25) is 0 Å². The molecule has 1 atom stereocenters. The number of nitro groups is 1. The fourth-order valence-electron chi connectivity index (χ4n) is 3.67. The molecule has 0 aromatic heterocycles. The van der Waals surface area contributed by atoms with Crippen LogP contribution in [-0.2, 0) is 17.9 Å². The van der Waals surface area contributed by atoms with Gasteiger partial charge >= 0.3 is 0 Å². The molecule has 6 heteroatoms. The number of carbonyl (C=O) groups is 1. The molecule has 1 saturated heterocycles. The molecule has 1 amide bonds. The second-order valence-electron chi connectivity index (χ2n) is 7.18. The number of hydrogen-bond donors (Lipinski definition) is 0. The van der Waals surface area contributed by atoms with E-state index in [2.05, 4.69) is 4.90 Å². The Morgan fingerprint density at radius 3 is 2.67 bits per heavy atom. The summed E-state index contributed by atoms with van der Waals surface area (Å²) in [6.07, 6.45) is 1.86. The third-order valence-corrected chi connectivity index (χ3v) is 5.02. The van der Waals surface area contributed by atoms with Crippen molar-refractivity contribution in [3.05, 3.63) is 75.8 Å². The first-order chi connectivity index (χ1) is 13.0. The molecule has 0 spiro atoms. The van der Waals surface area contributed by atoms with Crippen LogP contribution in [0.25, 0.3) is 0 Å². The standard InChI is InChI=1S/C21H25N3O3/c1-22(14-17-7-3-2-4-8-17)21(25)19-10-6-12-23(16-19)15-18-9-5-11-20(13-18)24(26)27/h2-5,7-9,11,13,19H,6,10,12,14-16H2,1H3/t19-/m0/s1. The van der Waals surface area contributed by atoms with E-state index in [4.69, 9.17) is 0 Å². The molecule has 0 aliphatic carbocycles. The van der Waals surface area contributed by atoms with Gasteiger partial charge in [0, 0.05) is 38.8 Å². The van der Waals surface area contributed by atoms with Crippen molar-refractivity contribution in [2.24, 2.45) is 5.92 Å². The van der Waals surface area contributed by atoms with Crippen LogP contribution in [0.1, 0.15) is 24.0 Å². The van der Waals surface area contributed by atoms with E-state index in [0.717, 1.165) is 30.5 Å². The lowest BCUT2D eigenvalue weighted by atomic mass is 9.96. The van der Waals surface area contributed by atoms with E-state index in [1.54, 1.807) is 17.0 Å². The third-order valence-electron chi connectivity index (χ3n) is 5.02. The van der Waals surface area contributed by atoms with Crippen LogP contribution < -0.4 is 0 Å². The number of carbonyl (C=O) groups excluding carboxylic acids is 1. The van der Waals surface area contributed by atoms with Crippen LogP contribution in [0.3, 0.4) is 0 Å². The van der Waals surface area contributed by atoms with E-state index in [-0.39, 0.29) is 22.4 Å². The van der Waals surface area contributed by atoms with Gasteiger partial charge in [-0.25, -0.2) is 0 Å². The van der Waals surface area contributed by atoms with Crippen LogP contribution in [0.4, 0.5) is 5.69 Å². The summed E-state index contributed by atoms with van der Waals surface area (Å²) in [7, 11) is 1.86. The molecule has 0 unspecified atom stereocenters. The molecule has 1 fully saturated rings. The molecular formula is C21H25N3O3. The van der Waals surface area contributed by atoms with Gasteiger partial charge in [0.1, 0.15) is 0 Å². The van der Waals surface area contributed by atoms with Crippen LogP contribution in [-0.4, -0.2) is 40.8 Å². The first-order valence-electron chi connectivity index (χ1n) is 9.27. The summed E-state index contributed by atoms with van der Waals surface area (Å²) >= 11 is 0. The SMILES string of the molecule is CN(Cc1ccccc1)C(=O)[C@H]1CCCN(Cc2cccc([N+](=O)[O-])c2)C1. The van der Waals surface area contributed by atoms with Crippen molar-refractivity contribution < 1.29 is 9.72 Å². The van der Waals surface area contributed by atoms with Crippen LogP contribution >= 0.6 is 0 Å². The smallest absolute Gasteiger partial charge is 0.269 e. The molecule has 0 N–H and O–H groups in total. The van der Waals surface area contributed by atoms with E-state index in [0.29, 0.717) is 19.6 Å². The molecule has 27 heavy (non-hydrogen) atoms. The normalized spacial score (nSPS) is 17.4. The molecule has 2 aromatic rings. The highest BCUT2D eigenvalue weighted by Gasteiger charge is 2.28. The Kier molecular flexibility index (Phi) is 6.19. The van der Waals surface area contributed by atoms with Gasteiger partial charge in [0.05, 0.1) is 10.8 Å². The van der Waals surface area contributed by atoms with Gasteiger partial charge in [-0.05, 0) is 30.5 Å². The van der Waals surface area contributed by atoms with Crippen molar-refractivity contribution in [1.29, 1.82) is 0 Å². The number of non-ortho nitro benzene ring substituents is 1. The summed E-state index contributed by atoms with van der Waals surface area (Å²) in [4.78, 5) is 27.5. The summed E-state index contributed by atoms with van der Waals surface area (Å²) in [6, 6.07) is 16.7. The predicted octanol–water partition coefficient (Wildman–Crippen LogP) is 3.47. The molecule has 3 rings (SSSR count). The fraction of sp³-hybridized carbons (Fsp3) is 0.381. The van der Waals surface area contributed by atoms with Gasteiger partial charge in [0.15, 0.2) is 0 Å². The van der Waals surface area contributed by atoms with Crippen LogP contribution in [0.15, 0.2) is 54.6 Å². The third kappa shape index (κ3) is 5.14. The Hall–Kier alpha value is -2.73. The summed E-state index contributed by atoms with van der Waals surface area (Å²) in [6.45, 7) is 2.85. The summed E-state index contributed by atoms with van der Waals surface area (Å²) in [5.41, 5.74) is 2.15. The average Bonchev–Trinajstić information content (AvgIpc) is 2.68. The van der Waals surface area contributed by atoms with Crippen LogP contribution in [0, 0.1) is 16.0 Å². The molecule has 0 saturated carbocycles. The lowest BCUT2D eigenvalue weighted by molar-refractivity contribution is -0.384. The first kappa shape index (κ1) is 19.0. The zero-order chi connectivity index (χ0) is 19.2. The second kappa shape index (κ2) is 8.77. The number of nitro benzene ring substituents is 1. The number of likely N-dealkylation sites (tertiary alicyclic amines) is 1. The van der Waals surface area contributed by atoms with E-state index in [9.17, 15) is 14.9 Å². The molecule has 6 nitrogen and oxygen atoms in total. The highest BCUT2D eigenvalue weighted by atomic mass is 16.6. The number of hydrogen-bond acceptors (Lipinski definition) is 4. The van der Waals surface area contributed by atoms with Gasteiger partial charge in [-0.3, -0.25) is 19.8 Å². The van der Waals surface area contributed by atoms with E-state index >= 15 is 0 Å². The maximum absolute atomic E-state index is 12.9. The lowest BCUT2D eigenvalue weighted by Crippen LogP contribution is -2.43. The maximum atomic E-state index is 12.9. The molecule has 0 radical (unpaired) electrons. The van der Waals surface area contributed by atoms with Crippen molar-refractivity contribution in [3.63, 3.8) is 0 Å². The van der Waals surface area contributed by atoms with Crippen molar-refractivity contribution in [3.8, 4) is 0 Å². The minimum Gasteiger partial charge on any atom is -0.341 e. The topological polar surface area (TPSA) is 66.7 Å². The Morgan fingerprint density at radius 1 is 1.19 bits per heavy atom. The zero-order valence-electron chi connectivity index (χ0n) is 15.6. The molecular weight excluding hydrogens is 342 g/mol. The molecule has 1 aliphatic rings. The Bertz CT molecular complexity index is 794. The minimum absolute atomic E-state index is 0.0221. The van der Waals surface area contributed by atoms with Gasteiger partial charge < -0.3 is 4.90 Å². The molecule has 1 aliphatic heterocycles. The summed E-state index contributed by atoms with van der Waals surface area (Å²) in [5, 5.41) is 11.0. The van der Waals surface area contributed by atoms with Crippen molar-refractivity contribution in [1.82, 2.24) is 9.80 Å². The summed E-state index contributed by atoms with van der Waals surface area (Å²) < 4.78 is 0. The largest absolute Gasteiger partial charge is 0.341 e. The summed E-state index contributed by atoms with van der Waals surface area (Å²) in [5.74, 6) is 0.147. The van der Waals surface area contributed by atoms with E-state index in [1.807, 2.05) is 43.4 Å². The van der Waals surface area contributed by atoms with Gasteiger partial charge in [0.25, 0.3) is 5.69 Å². The minimum atomic E-state index is -0.370. The Balaban J connectivity index is 1.59. The van der Waals surface area contributed by atoms with Gasteiger partial charge in [-0.1, -0.05) is 42.5 Å². The number of benzene rings is 2. The lowest BCUT2D eigenvalue weighted by Gasteiger charge is -2.34. The van der Waals surface area contributed by atoms with Crippen molar-refractivity contribution in [2.45, 2.75) is 25.9 Å². The molecule has 0 bridgehead atoms. The maximum Gasteiger partial charge on any atom is 0.269 e. The molecule has 142 valence electrons. The number of rotatable bonds is 6. The van der Waals surface area contributed by atoms with Gasteiger partial charge in [-0.15, -0.1) is 0 Å². The Morgan fingerprint density at radius 2 is 1.93 bits per heavy atom. The first-order valence-corrected chi connectivity index (χ1v) is 9.27. The van der Waals surface area contributed by atoms with E-state index < -0.39 is 0 Å². The monoisotopic (exact) mass is 367 g/mol.